The van der Waals surface area contributed by atoms with Gasteiger partial charge in [0.05, 0.1) is 6.61 Å². The Morgan fingerprint density at radius 1 is 1.42 bits per heavy atom. The zero-order chi connectivity index (χ0) is 14.6. The van der Waals surface area contributed by atoms with Crippen LogP contribution in [0, 0.1) is 6.92 Å². The maximum absolute atomic E-state index is 12.4. The number of aryl methyl sites for hydroxylation is 1. The first-order valence-electron chi connectivity index (χ1n) is 5.47. The van der Waals surface area contributed by atoms with Crippen LogP contribution in [0.5, 0.6) is 0 Å². The number of aliphatic hydroxyl groups is 1. The van der Waals surface area contributed by atoms with Crippen LogP contribution in [0.4, 0.5) is 13.2 Å². The highest BCUT2D eigenvalue weighted by Gasteiger charge is 2.33. The van der Waals surface area contributed by atoms with Crippen LogP contribution < -0.4 is 0 Å². The van der Waals surface area contributed by atoms with Gasteiger partial charge in [-0.05, 0) is 24.6 Å². The molecule has 0 spiro atoms. The van der Waals surface area contributed by atoms with Crippen molar-refractivity contribution in [1.29, 1.82) is 0 Å². The van der Waals surface area contributed by atoms with E-state index in [2.05, 4.69) is 0 Å². The number of aliphatic hydroxyl groups excluding tert-OH is 1. The second-order valence-electron chi connectivity index (χ2n) is 4.02. The van der Waals surface area contributed by atoms with Gasteiger partial charge in [-0.15, -0.1) is 0 Å². The molecule has 0 aliphatic heterocycles. The lowest BCUT2D eigenvalue weighted by atomic mass is 10.1. The van der Waals surface area contributed by atoms with Crippen molar-refractivity contribution in [3.63, 3.8) is 0 Å². The third kappa shape index (κ3) is 4.72. The Bertz CT molecular complexity index is 463. The van der Waals surface area contributed by atoms with E-state index in [0.717, 1.165) is 0 Å². The lowest BCUT2D eigenvalue weighted by Crippen LogP contribution is -2.40. The van der Waals surface area contributed by atoms with Crippen LogP contribution >= 0.6 is 11.6 Å². The highest BCUT2D eigenvalue weighted by Crippen LogP contribution is 2.21. The molecule has 19 heavy (non-hydrogen) atoms. The highest BCUT2D eigenvalue weighted by molar-refractivity contribution is 6.31. The fourth-order valence-corrected chi connectivity index (χ4v) is 1.76. The molecule has 0 fully saturated rings. The van der Waals surface area contributed by atoms with E-state index in [0.29, 0.717) is 10.5 Å². The van der Waals surface area contributed by atoms with Gasteiger partial charge >= 0.3 is 6.18 Å². The Morgan fingerprint density at radius 3 is 2.58 bits per heavy atom. The number of halogens is 4. The van der Waals surface area contributed by atoms with Crippen molar-refractivity contribution in [2.75, 3.05) is 19.7 Å². The van der Waals surface area contributed by atoms with Gasteiger partial charge in [0.1, 0.15) is 6.54 Å². The molecule has 1 aromatic rings. The minimum Gasteiger partial charge on any atom is -0.395 e. The van der Waals surface area contributed by atoms with Crippen LogP contribution in [-0.2, 0) is 0 Å². The molecule has 0 aliphatic carbocycles. The average Bonchev–Trinajstić information content (AvgIpc) is 2.29. The minimum atomic E-state index is -4.52. The van der Waals surface area contributed by atoms with E-state index in [-0.39, 0.29) is 17.1 Å². The summed E-state index contributed by atoms with van der Waals surface area (Å²) in [6.45, 7) is -0.724. The fourth-order valence-electron chi connectivity index (χ4n) is 1.58. The summed E-state index contributed by atoms with van der Waals surface area (Å²) in [5.41, 5.74) is 0.629. The highest BCUT2D eigenvalue weighted by atomic mass is 35.5. The molecule has 106 valence electrons. The van der Waals surface area contributed by atoms with Crippen LogP contribution in [-0.4, -0.2) is 41.8 Å². The number of hydrogen-bond acceptors (Lipinski definition) is 2. The largest absolute Gasteiger partial charge is 0.406 e. The minimum absolute atomic E-state index is 0.102. The smallest absolute Gasteiger partial charge is 0.395 e. The summed E-state index contributed by atoms with van der Waals surface area (Å²) in [6.07, 6.45) is -4.52. The lowest BCUT2D eigenvalue weighted by Gasteiger charge is -2.23. The second kappa shape index (κ2) is 6.25. The number of benzene rings is 1. The molecule has 0 atom stereocenters. The zero-order valence-corrected chi connectivity index (χ0v) is 10.9. The summed E-state index contributed by atoms with van der Waals surface area (Å²) < 4.78 is 37.2. The van der Waals surface area contributed by atoms with Crippen LogP contribution in [0.25, 0.3) is 0 Å². The van der Waals surface area contributed by atoms with Crippen LogP contribution in [0.2, 0.25) is 5.02 Å². The average molecular weight is 296 g/mol. The summed E-state index contributed by atoms with van der Waals surface area (Å²) in [5, 5.41) is 9.03. The number of hydrogen-bond donors (Lipinski definition) is 1. The van der Waals surface area contributed by atoms with Crippen molar-refractivity contribution in [3.05, 3.63) is 34.3 Å². The summed E-state index contributed by atoms with van der Waals surface area (Å²) in [5.74, 6) is -0.800. The van der Waals surface area contributed by atoms with Crippen LogP contribution in [0.3, 0.4) is 0 Å². The van der Waals surface area contributed by atoms with Crippen molar-refractivity contribution in [2.24, 2.45) is 0 Å². The molecule has 0 saturated heterocycles. The number of amides is 1. The second-order valence-corrected chi connectivity index (χ2v) is 4.46. The molecule has 1 rings (SSSR count). The summed E-state index contributed by atoms with van der Waals surface area (Å²) in [7, 11) is 0. The molecule has 1 amide bonds. The molecule has 1 N–H and O–H groups in total. The monoisotopic (exact) mass is 295 g/mol. The Morgan fingerprint density at radius 2 is 2.05 bits per heavy atom. The van der Waals surface area contributed by atoms with Gasteiger partial charge in [0.2, 0.25) is 0 Å². The molecular formula is C12H13ClF3NO2. The van der Waals surface area contributed by atoms with Crippen molar-refractivity contribution >= 4 is 17.5 Å². The predicted molar refractivity (Wildman–Crippen MR) is 65.2 cm³/mol. The molecule has 0 aromatic heterocycles. The molecule has 0 heterocycles. The molecule has 0 radical (unpaired) electrons. The fraction of sp³-hybridized carbons (Fsp3) is 0.417. The maximum atomic E-state index is 12.4. The van der Waals surface area contributed by atoms with Gasteiger partial charge in [0.25, 0.3) is 5.91 Å². The van der Waals surface area contributed by atoms with E-state index in [4.69, 9.17) is 16.7 Å². The third-order valence-corrected chi connectivity index (χ3v) is 2.69. The third-order valence-electron chi connectivity index (χ3n) is 2.46. The van der Waals surface area contributed by atoms with Gasteiger partial charge in [-0.2, -0.15) is 13.2 Å². The quantitative estimate of drug-likeness (QED) is 0.928. The number of alkyl halides is 3. The topological polar surface area (TPSA) is 40.5 Å². The molecule has 7 heteroatoms. The first-order valence-corrected chi connectivity index (χ1v) is 5.85. The SMILES string of the molecule is Cc1ccc(Cl)cc1C(=O)N(CCO)CC(F)(F)F. The van der Waals surface area contributed by atoms with Crippen molar-refractivity contribution < 1.29 is 23.1 Å². The van der Waals surface area contributed by atoms with Gasteiger partial charge in [0.15, 0.2) is 0 Å². The number of carbonyl (C=O) groups excluding carboxylic acids is 1. The van der Waals surface area contributed by atoms with E-state index in [1.54, 1.807) is 19.1 Å². The first kappa shape index (κ1) is 15.8. The molecule has 0 bridgehead atoms. The molecule has 0 unspecified atom stereocenters. The van der Waals surface area contributed by atoms with Gasteiger partial charge in [0, 0.05) is 17.1 Å². The van der Waals surface area contributed by atoms with E-state index >= 15 is 0 Å². The van der Waals surface area contributed by atoms with Gasteiger partial charge in [-0.1, -0.05) is 17.7 Å². The van der Waals surface area contributed by atoms with Gasteiger partial charge in [-0.25, -0.2) is 0 Å². The summed E-state index contributed by atoms with van der Waals surface area (Å²) >= 11 is 5.73. The Labute approximate surface area is 113 Å². The van der Waals surface area contributed by atoms with Crippen LogP contribution in [0.1, 0.15) is 15.9 Å². The molecular weight excluding hydrogens is 283 g/mol. The molecule has 0 aliphatic rings. The number of carbonyl (C=O) groups is 1. The Kier molecular flexibility index (Phi) is 5.20. The van der Waals surface area contributed by atoms with Crippen LogP contribution in [0.15, 0.2) is 18.2 Å². The van der Waals surface area contributed by atoms with Crippen molar-refractivity contribution in [2.45, 2.75) is 13.1 Å². The first-order chi connectivity index (χ1) is 8.74. The van der Waals surface area contributed by atoms with E-state index < -0.39 is 25.2 Å². The van der Waals surface area contributed by atoms with Crippen molar-refractivity contribution in [1.82, 2.24) is 4.90 Å². The normalized spacial score (nSPS) is 11.5. The van der Waals surface area contributed by atoms with E-state index in [1.165, 1.54) is 6.07 Å². The Hall–Kier alpha value is -1.27. The molecule has 1 aromatic carbocycles. The number of rotatable bonds is 4. The standard InChI is InChI=1S/C12H13ClF3NO2/c1-8-2-3-9(13)6-10(8)11(19)17(4-5-18)7-12(14,15)16/h2-3,6,18H,4-5,7H2,1H3. The van der Waals surface area contributed by atoms with Crippen molar-refractivity contribution in [3.8, 4) is 0 Å². The zero-order valence-electron chi connectivity index (χ0n) is 10.2. The predicted octanol–water partition coefficient (Wildman–Crippen LogP) is 2.65. The van der Waals surface area contributed by atoms with E-state index in [1.807, 2.05) is 0 Å². The summed E-state index contributed by atoms with van der Waals surface area (Å²) in [4.78, 5) is 12.6. The van der Waals surface area contributed by atoms with E-state index in [9.17, 15) is 18.0 Å². The summed E-state index contributed by atoms with van der Waals surface area (Å²) in [6, 6.07) is 4.42. The van der Waals surface area contributed by atoms with Gasteiger partial charge in [-0.3, -0.25) is 4.79 Å². The lowest BCUT2D eigenvalue weighted by molar-refractivity contribution is -0.141. The maximum Gasteiger partial charge on any atom is 0.406 e. The Balaban J connectivity index is 3.02. The molecule has 0 saturated carbocycles. The number of nitrogens with zero attached hydrogens (tertiary/aromatic N) is 1. The van der Waals surface area contributed by atoms with Gasteiger partial charge < -0.3 is 10.0 Å². The molecule has 3 nitrogen and oxygen atoms in total.